The Morgan fingerprint density at radius 2 is 1.80 bits per heavy atom. The molecule has 7 rings (SSSR count). The highest BCUT2D eigenvalue weighted by Crippen LogP contribution is 2.56. The van der Waals surface area contributed by atoms with Gasteiger partial charge in [-0.25, -0.2) is 4.79 Å². The van der Waals surface area contributed by atoms with Crippen molar-refractivity contribution >= 4 is 40.0 Å². The molecule has 3 aromatic carbocycles. The Labute approximate surface area is 288 Å². The summed E-state index contributed by atoms with van der Waals surface area (Å²) in [5, 5.41) is 5.26. The van der Waals surface area contributed by atoms with Crippen LogP contribution in [0.15, 0.2) is 54.6 Å². The molecule has 4 amide bonds. The van der Waals surface area contributed by atoms with Crippen LogP contribution in [-0.4, -0.2) is 117 Å². The van der Waals surface area contributed by atoms with Crippen LogP contribution in [0.25, 0.3) is 10.8 Å². The minimum Gasteiger partial charge on any atom is -0.495 e. The largest absolute Gasteiger partial charge is 0.495 e. The van der Waals surface area contributed by atoms with Gasteiger partial charge < -0.3 is 24.6 Å². The van der Waals surface area contributed by atoms with Gasteiger partial charge in [-0.15, -0.1) is 0 Å². The second kappa shape index (κ2) is 13.6. The van der Waals surface area contributed by atoms with E-state index in [4.69, 9.17) is 9.47 Å². The molecule has 0 bridgehead atoms. The van der Waals surface area contributed by atoms with Crippen LogP contribution in [0.2, 0.25) is 0 Å². The fraction of sp³-hybridized carbons (Fsp3) is 0.500. The monoisotopic (exact) mass is 668 g/mol. The molecule has 1 N–H and O–H groups in total. The van der Waals surface area contributed by atoms with E-state index in [9.17, 15) is 14.4 Å². The Balaban J connectivity index is 1.20. The second-order valence-electron chi connectivity index (χ2n) is 14.1. The standard InChI is InChI=1S/C38H48N6O5/c1-5-8-35(45)39-31-21-26(11-14-34(31)48-4)23-42-24-27-22-33(30-12-13-32(40(2)3)29-10-7-6-9-28(29)30)44-37(47)43(36(46)38(27,44)25-42)16-15-41-17-19-49-20-18-41/h6-7,9-14,21,27,33H,5,8,15-20,22-25H2,1-4H3,(H,39,45)/t27-,33?,38-/m1/s1. The van der Waals surface area contributed by atoms with Crippen LogP contribution in [-0.2, 0) is 20.9 Å². The van der Waals surface area contributed by atoms with Gasteiger partial charge in [0.25, 0.3) is 5.91 Å². The highest BCUT2D eigenvalue weighted by molar-refractivity contribution is 6.09. The van der Waals surface area contributed by atoms with Gasteiger partial charge in [0.2, 0.25) is 5.91 Å². The number of hydrogen-bond acceptors (Lipinski definition) is 8. The van der Waals surface area contributed by atoms with E-state index < -0.39 is 5.54 Å². The highest BCUT2D eigenvalue weighted by Gasteiger charge is 2.70. The zero-order chi connectivity index (χ0) is 34.3. The van der Waals surface area contributed by atoms with Gasteiger partial charge in [0, 0.05) is 83.3 Å². The lowest BCUT2D eigenvalue weighted by molar-refractivity contribution is -0.133. The lowest BCUT2D eigenvalue weighted by atomic mass is 9.87. The van der Waals surface area contributed by atoms with Gasteiger partial charge in [0.05, 0.1) is 32.1 Å². The summed E-state index contributed by atoms with van der Waals surface area (Å²) in [6, 6.07) is 18.2. The number of morpholine rings is 1. The van der Waals surface area contributed by atoms with E-state index >= 15 is 0 Å². The summed E-state index contributed by atoms with van der Waals surface area (Å²) in [6.45, 7) is 7.68. The Morgan fingerprint density at radius 1 is 1.02 bits per heavy atom. The lowest BCUT2D eigenvalue weighted by Crippen LogP contribution is -2.51. The van der Waals surface area contributed by atoms with Crippen molar-refractivity contribution in [2.75, 3.05) is 83.9 Å². The van der Waals surface area contributed by atoms with Crippen LogP contribution in [0.4, 0.5) is 16.2 Å². The molecule has 11 heteroatoms. The van der Waals surface area contributed by atoms with Crippen molar-refractivity contribution in [3.63, 3.8) is 0 Å². The number of carbonyl (C=O) groups excluding carboxylic acids is 3. The van der Waals surface area contributed by atoms with Gasteiger partial charge in [-0.1, -0.05) is 43.3 Å². The Kier molecular flexibility index (Phi) is 9.25. The van der Waals surface area contributed by atoms with E-state index in [0.717, 1.165) is 53.5 Å². The third-order valence-corrected chi connectivity index (χ3v) is 10.9. The van der Waals surface area contributed by atoms with E-state index in [1.165, 1.54) is 4.90 Å². The molecule has 1 unspecified atom stereocenters. The summed E-state index contributed by atoms with van der Waals surface area (Å²) in [5.41, 5.74) is 2.95. The first kappa shape index (κ1) is 33.3. The topological polar surface area (TPSA) is 97.9 Å². The normalized spacial score (nSPS) is 24.1. The van der Waals surface area contributed by atoms with Crippen molar-refractivity contribution in [1.82, 2.24) is 19.6 Å². The third kappa shape index (κ3) is 5.91. The molecule has 4 fully saturated rings. The summed E-state index contributed by atoms with van der Waals surface area (Å²) < 4.78 is 11.1. The van der Waals surface area contributed by atoms with Crippen LogP contribution in [0, 0.1) is 5.92 Å². The molecular formula is C38H48N6O5. The molecule has 0 saturated carbocycles. The molecule has 4 aliphatic heterocycles. The van der Waals surface area contributed by atoms with Crippen LogP contribution < -0.4 is 15.0 Å². The molecule has 0 aromatic heterocycles. The van der Waals surface area contributed by atoms with Crippen molar-refractivity contribution in [3.05, 3.63) is 65.7 Å². The van der Waals surface area contributed by atoms with E-state index in [1.807, 2.05) is 44.1 Å². The number of methoxy groups -OCH3 is 1. The number of benzene rings is 3. The van der Waals surface area contributed by atoms with Gasteiger partial charge in [-0.3, -0.25) is 24.3 Å². The summed E-state index contributed by atoms with van der Waals surface area (Å²) >= 11 is 0. The fourth-order valence-corrected chi connectivity index (χ4v) is 8.58. The average molecular weight is 669 g/mol. The van der Waals surface area contributed by atoms with Crippen LogP contribution in [0.3, 0.4) is 0 Å². The molecule has 4 heterocycles. The maximum absolute atomic E-state index is 14.7. The smallest absolute Gasteiger partial charge is 0.328 e. The Morgan fingerprint density at radius 3 is 2.53 bits per heavy atom. The van der Waals surface area contributed by atoms with Gasteiger partial charge in [-0.05, 0) is 47.6 Å². The molecule has 4 saturated heterocycles. The number of hydrogen-bond donors (Lipinski definition) is 1. The number of ether oxygens (including phenoxy) is 2. The van der Waals surface area contributed by atoms with E-state index in [-0.39, 0.29) is 29.8 Å². The summed E-state index contributed by atoms with van der Waals surface area (Å²) in [5.74, 6) is 0.473. The summed E-state index contributed by atoms with van der Waals surface area (Å²) in [6.07, 6.45) is 1.91. The molecule has 3 atom stereocenters. The molecule has 0 aliphatic carbocycles. The summed E-state index contributed by atoms with van der Waals surface area (Å²) in [7, 11) is 5.69. The first-order valence-corrected chi connectivity index (χ1v) is 17.6. The SMILES string of the molecule is CCCC(=O)Nc1cc(CN2C[C@H]3CC(c4ccc(N(C)C)c5ccccc45)N4C(=O)N(CCN5CCOCC5)C(=O)[C@@]34C2)ccc1OC. The predicted molar refractivity (Wildman–Crippen MR) is 190 cm³/mol. The highest BCUT2D eigenvalue weighted by atomic mass is 16.5. The van der Waals surface area contributed by atoms with E-state index in [2.05, 4.69) is 56.4 Å². The number of nitrogens with one attached hydrogen (secondary N) is 1. The molecule has 4 aliphatic rings. The fourth-order valence-electron chi connectivity index (χ4n) is 8.58. The number of fused-ring (bicyclic) bond motifs is 1. The average Bonchev–Trinajstić information content (AvgIpc) is 3.67. The molecular weight excluding hydrogens is 620 g/mol. The maximum atomic E-state index is 14.7. The van der Waals surface area contributed by atoms with Crippen LogP contribution in [0.5, 0.6) is 5.75 Å². The zero-order valence-electron chi connectivity index (χ0n) is 29.1. The van der Waals surface area contributed by atoms with Gasteiger partial charge in [0.1, 0.15) is 11.3 Å². The van der Waals surface area contributed by atoms with E-state index in [0.29, 0.717) is 63.8 Å². The number of likely N-dealkylation sites (tertiary alicyclic amines) is 1. The Bertz CT molecular complexity index is 1740. The molecule has 260 valence electrons. The summed E-state index contributed by atoms with van der Waals surface area (Å²) in [4.78, 5) is 51.9. The number of anilines is 2. The first-order chi connectivity index (χ1) is 23.7. The minimum absolute atomic E-state index is 0.0170. The molecule has 1 spiro atoms. The van der Waals surface area contributed by atoms with Crippen molar-refractivity contribution in [2.24, 2.45) is 5.92 Å². The van der Waals surface area contributed by atoms with Crippen LogP contribution in [0.1, 0.15) is 43.4 Å². The van der Waals surface area contributed by atoms with E-state index in [1.54, 1.807) is 7.11 Å². The van der Waals surface area contributed by atoms with Crippen molar-refractivity contribution in [1.29, 1.82) is 0 Å². The molecule has 0 radical (unpaired) electrons. The van der Waals surface area contributed by atoms with Gasteiger partial charge in [0.15, 0.2) is 0 Å². The number of rotatable bonds is 11. The van der Waals surface area contributed by atoms with Crippen molar-refractivity contribution in [2.45, 2.75) is 44.3 Å². The predicted octanol–water partition coefficient (Wildman–Crippen LogP) is 4.57. The lowest BCUT2D eigenvalue weighted by Gasteiger charge is -2.33. The van der Waals surface area contributed by atoms with Crippen LogP contribution >= 0.6 is 0 Å². The number of urea groups is 1. The van der Waals surface area contributed by atoms with Crippen molar-refractivity contribution in [3.8, 4) is 5.75 Å². The Hall–Kier alpha value is -4.19. The quantitative estimate of drug-likeness (QED) is 0.297. The molecule has 3 aromatic rings. The number of carbonyl (C=O) groups is 3. The number of amides is 4. The van der Waals surface area contributed by atoms with Gasteiger partial charge in [-0.2, -0.15) is 0 Å². The molecule has 11 nitrogen and oxygen atoms in total. The maximum Gasteiger partial charge on any atom is 0.328 e. The third-order valence-electron chi connectivity index (χ3n) is 10.9. The zero-order valence-corrected chi connectivity index (χ0v) is 29.1. The first-order valence-electron chi connectivity index (χ1n) is 17.6. The molecule has 49 heavy (non-hydrogen) atoms. The number of imide groups is 1. The second-order valence-corrected chi connectivity index (χ2v) is 14.1. The van der Waals surface area contributed by atoms with Gasteiger partial charge >= 0.3 is 6.03 Å². The van der Waals surface area contributed by atoms with Crippen molar-refractivity contribution < 1.29 is 23.9 Å². The number of nitrogens with zero attached hydrogens (tertiary/aromatic N) is 5. The minimum atomic E-state index is -0.932.